The molecule has 0 aliphatic heterocycles. The lowest BCUT2D eigenvalue weighted by Gasteiger charge is -2.12. The van der Waals surface area contributed by atoms with E-state index in [-0.39, 0.29) is 0 Å². The number of hydrogen-bond donors (Lipinski definition) is 0. The van der Waals surface area contributed by atoms with Gasteiger partial charge in [-0.2, -0.15) is 0 Å². The Hall–Kier alpha value is -2.68. The van der Waals surface area contributed by atoms with E-state index in [4.69, 9.17) is 0 Å². The molecule has 0 saturated heterocycles. The quantitative estimate of drug-likeness (QED) is 0.259. The van der Waals surface area contributed by atoms with Gasteiger partial charge in [0.1, 0.15) is 0 Å². The van der Waals surface area contributed by atoms with Gasteiger partial charge in [-0.05, 0) is 39.8 Å². The molecular formula is C28H24S2. The second-order valence-corrected chi connectivity index (χ2v) is 9.07. The normalized spacial score (nSPS) is 10.8. The fourth-order valence-corrected chi connectivity index (χ4v) is 5.69. The zero-order valence-electron chi connectivity index (χ0n) is 16.9. The van der Waals surface area contributed by atoms with Crippen molar-refractivity contribution >= 4 is 46.4 Å². The van der Waals surface area contributed by atoms with Gasteiger partial charge in [-0.1, -0.05) is 98.1 Å². The third kappa shape index (κ3) is 4.72. The van der Waals surface area contributed by atoms with E-state index in [0.717, 1.165) is 17.1 Å². The lowest BCUT2D eigenvalue weighted by atomic mass is 10.1. The van der Waals surface area contributed by atoms with Crippen LogP contribution in [0.5, 0.6) is 0 Å². The van der Waals surface area contributed by atoms with E-state index < -0.39 is 0 Å². The van der Waals surface area contributed by atoms with Crippen molar-refractivity contribution in [2.24, 2.45) is 0 Å². The second-order valence-electron chi connectivity index (χ2n) is 7.04. The number of fused-ring (bicyclic) bond motifs is 1. The van der Waals surface area contributed by atoms with Gasteiger partial charge in [0.15, 0.2) is 0 Å². The van der Waals surface area contributed by atoms with Gasteiger partial charge in [-0.15, -0.1) is 23.5 Å². The van der Waals surface area contributed by atoms with E-state index in [1.165, 1.54) is 37.3 Å². The summed E-state index contributed by atoms with van der Waals surface area (Å²) in [6.07, 6.45) is 3.83. The number of hydrogen-bond acceptors (Lipinski definition) is 2. The molecule has 0 spiro atoms. The van der Waals surface area contributed by atoms with Crippen LogP contribution in [-0.2, 0) is 11.5 Å². The van der Waals surface area contributed by atoms with Crippen LogP contribution < -0.4 is 0 Å². The summed E-state index contributed by atoms with van der Waals surface area (Å²) in [6, 6.07) is 30.4. The van der Waals surface area contributed by atoms with Crippen molar-refractivity contribution in [2.45, 2.75) is 21.3 Å². The van der Waals surface area contributed by atoms with Crippen LogP contribution in [0.4, 0.5) is 0 Å². The summed E-state index contributed by atoms with van der Waals surface area (Å²) in [5, 5.41) is 2.65. The largest absolute Gasteiger partial charge is 0.121 e. The molecule has 0 unspecified atom stereocenters. The molecule has 148 valence electrons. The van der Waals surface area contributed by atoms with Gasteiger partial charge in [0.25, 0.3) is 0 Å². The summed E-state index contributed by atoms with van der Waals surface area (Å²) in [4.78, 5) is 2.66. The van der Waals surface area contributed by atoms with Crippen LogP contribution in [0, 0.1) is 0 Å². The molecule has 0 aromatic heterocycles. The molecule has 4 rings (SSSR count). The Morgan fingerprint density at radius 2 is 1.30 bits per heavy atom. The fraction of sp³-hybridized carbons (Fsp3) is 0.0714. The van der Waals surface area contributed by atoms with Crippen molar-refractivity contribution in [2.75, 3.05) is 0 Å². The standard InChI is InChI=1S/C28H24S2/c1-3-21-15-17-22(18-16-21)19-29-26-13-7-11-24-12-8-14-27(28(24)26)30-20-25-10-6-5-9-23(25)4-2/h3-18H,1-2,19-20H2. The Bertz CT molecular complexity index is 1170. The predicted molar refractivity (Wildman–Crippen MR) is 136 cm³/mol. The minimum atomic E-state index is 0.934. The van der Waals surface area contributed by atoms with E-state index in [2.05, 4.69) is 98.1 Å². The molecule has 0 heterocycles. The molecule has 0 N–H and O–H groups in total. The maximum atomic E-state index is 3.96. The van der Waals surface area contributed by atoms with E-state index >= 15 is 0 Å². The van der Waals surface area contributed by atoms with Gasteiger partial charge in [0.2, 0.25) is 0 Å². The monoisotopic (exact) mass is 424 g/mol. The van der Waals surface area contributed by atoms with Crippen LogP contribution in [0.2, 0.25) is 0 Å². The summed E-state index contributed by atoms with van der Waals surface area (Å²) in [5.74, 6) is 1.89. The molecule has 0 radical (unpaired) electrons. The molecule has 0 aliphatic rings. The molecule has 30 heavy (non-hydrogen) atoms. The van der Waals surface area contributed by atoms with Crippen molar-refractivity contribution < 1.29 is 0 Å². The average molecular weight is 425 g/mol. The van der Waals surface area contributed by atoms with Crippen molar-refractivity contribution in [3.8, 4) is 0 Å². The fourth-order valence-electron chi connectivity index (χ4n) is 3.45. The molecule has 0 fully saturated rings. The van der Waals surface area contributed by atoms with Gasteiger partial charge in [-0.3, -0.25) is 0 Å². The van der Waals surface area contributed by atoms with Crippen LogP contribution in [0.25, 0.3) is 22.9 Å². The highest BCUT2D eigenvalue weighted by atomic mass is 32.2. The Morgan fingerprint density at radius 1 is 0.633 bits per heavy atom. The highest BCUT2D eigenvalue weighted by Crippen LogP contribution is 2.38. The molecule has 2 heteroatoms. The molecule has 0 nitrogen and oxygen atoms in total. The third-order valence-electron chi connectivity index (χ3n) is 5.10. The summed E-state index contributed by atoms with van der Waals surface area (Å²) in [6.45, 7) is 7.79. The molecule has 0 atom stereocenters. The van der Waals surface area contributed by atoms with E-state index in [9.17, 15) is 0 Å². The SMILES string of the molecule is C=Cc1ccc(CSc2cccc3cccc(SCc4ccccc4C=C)c23)cc1. The first kappa shape index (κ1) is 20.6. The van der Waals surface area contributed by atoms with Crippen molar-refractivity contribution in [3.63, 3.8) is 0 Å². The summed E-state index contributed by atoms with van der Waals surface area (Å²) in [5.41, 5.74) is 5.02. The molecule has 4 aromatic carbocycles. The van der Waals surface area contributed by atoms with Gasteiger partial charge in [0.05, 0.1) is 0 Å². The Morgan fingerprint density at radius 3 is 1.97 bits per heavy atom. The zero-order chi connectivity index (χ0) is 20.8. The predicted octanol–water partition coefficient (Wildman–Crippen LogP) is 8.71. The second kappa shape index (κ2) is 9.88. The molecule has 0 aliphatic carbocycles. The molecular weight excluding hydrogens is 400 g/mol. The van der Waals surface area contributed by atoms with Gasteiger partial charge in [-0.25, -0.2) is 0 Å². The molecule has 4 aromatic rings. The van der Waals surface area contributed by atoms with Crippen molar-refractivity contribution in [3.05, 3.63) is 120 Å². The lowest BCUT2D eigenvalue weighted by Crippen LogP contribution is -1.88. The van der Waals surface area contributed by atoms with Gasteiger partial charge < -0.3 is 0 Å². The first-order valence-corrected chi connectivity index (χ1v) is 11.9. The number of rotatable bonds is 8. The number of thioether (sulfide) groups is 2. The Labute approximate surface area is 187 Å². The van der Waals surface area contributed by atoms with Crippen molar-refractivity contribution in [1.29, 1.82) is 0 Å². The molecule has 0 bridgehead atoms. The van der Waals surface area contributed by atoms with Crippen LogP contribution in [-0.4, -0.2) is 0 Å². The summed E-state index contributed by atoms with van der Waals surface area (Å²) >= 11 is 3.81. The Kier molecular flexibility index (Phi) is 6.78. The summed E-state index contributed by atoms with van der Waals surface area (Å²) < 4.78 is 0. The Balaban J connectivity index is 1.59. The minimum Gasteiger partial charge on any atom is -0.121 e. The van der Waals surface area contributed by atoms with Crippen molar-refractivity contribution in [1.82, 2.24) is 0 Å². The van der Waals surface area contributed by atoms with Crippen LogP contribution in [0.3, 0.4) is 0 Å². The molecule has 0 saturated carbocycles. The maximum Gasteiger partial charge on any atom is 0.0238 e. The lowest BCUT2D eigenvalue weighted by molar-refractivity contribution is 1.36. The molecule has 0 amide bonds. The smallest absolute Gasteiger partial charge is 0.0238 e. The van der Waals surface area contributed by atoms with E-state index in [1.54, 1.807) is 0 Å². The van der Waals surface area contributed by atoms with Crippen LogP contribution >= 0.6 is 23.5 Å². The van der Waals surface area contributed by atoms with Crippen LogP contribution in [0.15, 0.2) is 108 Å². The maximum absolute atomic E-state index is 3.96. The van der Waals surface area contributed by atoms with Gasteiger partial charge >= 0.3 is 0 Å². The van der Waals surface area contributed by atoms with E-state index in [0.29, 0.717) is 0 Å². The highest BCUT2D eigenvalue weighted by molar-refractivity contribution is 7.99. The van der Waals surface area contributed by atoms with E-state index in [1.807, 2.05) is 35.7 Å². The summed E-state index contributed by atoms with van der Waals surface area (Å²) in [7, 11) is 0. The third-order valence-corrected chi connectivity index (χ3v) is 7.33. The topological polar surface area (TPSA) is 0 Å². The van der Waals surface area contributed by atoms with Gasteiger partial charge in [0, 0.05) is 26.7 Å². The first-order valence-electron chi connectivity index (χ1n) is 9.97. The van der Waals surface area contributed by atoms with Crippen LogP contribution in [0.1, 0.15) is 22.3 Å². The first-order chi connectivity index (χ1) is 14.8. The highest BCUT2D eigenvalue weighted by Gasteiger charge is 2.09. The minimum absolute atomic E-state index is 0.934. The average Bonchev–Trinajstić information content (AvgIpc) is 2.81. The number of benzene rings is 4. The zero-order valence-corrected chi connectivity index (χ0v) is 18.5.